The van der Waals surface area contributed by atoms with Crippen molar-refractivity contribution in [2.75, 3.05) is 0 Å². The number of aromatic nitrogens is 1. The summed E-state index contributed by atoms with van der Waals surface area (Å²) in [6.07, 6.45) is 10.1. The van der Waals surface area contributed by atoms with E-state index in [0.29, 0.717) is 22.6 Å². The van der Waals surface area contributed by atoms with Gasteiger partial charge in [0.2, 0.25) is 0 Å². The van der Waals surface area contributed by atoms with Crippen LogP contribution in [0, 0.1) is 80.7 Å². The average Bonchev–Trinajstić information content (AvgIpc) is 0.814. The number of hydrogen-bond acceptors (Lipinski definition) is 11. The summed E-state index contributed by atoms with van der Waals surface area (Å²) in [6, 6.07) is 89.3. The molecule has 0 fully saturated rings. The van der Waals surface area contributed by atoms with E-state index in [2.05, 4.69) is 43.1 Å². The zero-order valence-corrected chi connectivity index (χ0v) is 69.3. The number of benzene rings is 11. The van der Waals surface area contributed by atoms with Gasteiger partial charge in [-0.1, -0.05) is 182 Å². The van der Waals surface area contributed by atoms with Crippen molar-refractivity contribution < 1.29 is 131 Å². The summed E-state index contributed by atoms with van der Waals surface area (Å²) in [5, 5.41) is 50.2. The summed E-state index contributed by atoms with van der Waals surface area (Å²) < 4.78 is 0. The fraction of sp³-hybridized carbons (Fsp3) is 0.0235. The molecule has 0 amide bonds. The minimum absolute atomic E-state index is 0. The first-order valence-electron chi connectivity index (χ1n) is 28.0. The van der Waals surface area contributed by atoms with Gasteiger partial charge in [0.15, 0.2) is 0 Å². The van der Waals surface area contributed by atoms with Crippen LogP contribution >= 0.6 is 13.2 Å². The van der Waals surface area contributed by atoms with E-state index in [0.717, 1.165) is 78.3 Å². The van der Waals surface area contributed by atoms with Gasteiger partial charge in [0.1, 0.15) is 28.7 Å². The van der Waals surface area contributed by atoms with Gasteiger partial charge in [-0.25, -0.2) is 0 Å². The Kier molecular flexibility index (Phi) is 64.1. The second kappa shape index (κ2) is 60.8. The van der Waals surface area contributed by atoms with Gasteiger partial charge in [0, 0.05) is 76.0 Å². The van der Waals surface area contributed by atoms with Gasteiger partial charge in [-0.15, -0.1) is 0 Å². The van der Waals surface area contributed by atoms with Crippen LogP contribution in [0.4, 0.5) is 28.4 Å². The van der Waals surface area contributed by atoms with Crippen LogP contribution in [0.25, 0.3) is 22.0 Å². The second-order valence-electron chi connectivity index (χ2n) is 19.2. The molecule has 0 aliphatic rings. The Morgan fingerprint density at radius 1 is 0.294 bits per heavy atom. The summed E-state index contributed by atoms with van der Waals surface area (Å²) in [4.78, 5) is 26.0. The molecule has 5 N–H and O–H groups in total. The van der Waals surface area contributed by atoms with Crippen molar-refractivity contribution in [3.8, 4) is 39.9 Å². The monoisotopic (exact) mass is 1590 g/mol. The molecule has 11 aromatic carbocycles. The van der Waals surface area contributed by atoms with Crippen molar-refractivity contribution in [3.63, 3.8) is 0 Å². The van der Waals surface area contributed by atoms with E-state index in [1.54, 1.807) is 61.5 Å². The van der Waals surface area contributed by atoms with Crippen molar-refractivity contribution >= 4 is 83.6 Å². The molecule has 518 valence electrons. The summed E-state index contributed by atoms with van der Waals surface area (Å²) in [5.41, 5.74) is 12.3. The fourth-order valence-electron chi connectivity index (χ4n) is 8.25. The molecule has 1 heterocycles. The van der Waals surface area contributed by atoms with Crippen LogP contribution < -0.4 is 0 Å². The molecule has 12 rings (SSSR count). The predicted molar refractivity (Wildman–Crippen MR) is 426 cm³/mol. The van der Waals surface area contributed by atoms with Gasteiger partial charge in [0.25, 0.3) is 0 Å². The zero-order chi connectivity index (χ0) is 62.8. The fourth-order valence-corrected chi connectivity index (χ4v) is 8.25. The Morgan fingerprint density at radius 3 is 0.951 bits per heavy atom. The van der Waals surface area contributed by atoms with E-state index in [-0.39, 0.29) is 171 Å². The van der Waals surface area contributed by atoms with Crippen LogP contribution in [0.1, 0.15) is 38.9 Å². The molecule has 0 aliphatic carbocycles. The molecule has 1 aromatic heterocycles. The molecule has 12 aromatic rings. The van der Waals surface area contributed by atoms with Crippen molar-refractivity contribution in [2.45, 2.75) is 13.8 Å². The van der Waals surface area contributed by atoms with Crippen LogP contribution in [0.2, 0.25) is 0 Å². The van der Waals surface area contributed by atoms with E-state index in [1.165, 1.54) is 0 Å². The number of pyridine rings is 1. The number of nitrogens with zero attached hydrogens (tertiary/aromatic N) is 6. The van der Waals surface area contributed by atoms with Crippen LogP contribution in [-0.4, -0.2) is 61.6 Å². The Labute approximate surface area is 688 Å². The maximum absolute atomic E-state index is 10.4. The van der Waals surface area contributed by atoms with Gasteiger partial charge < -0.3 is 92.4 Å². The number of hydrogen-bond donors (Lipinski definition) is 5. The van der Waals surface area contributed by atoms with Crippen LogP contribution in [-0.2, 0) is 105 Å². The molecule has 11 nitrogen and oxygen atoms in total. The van der Waals surface area contributed by atoms with Crippen LogP contribution in [0.3, 0.4) is 0 Å². The van der Waals surface area contributed by atoms with Crippen LogP contribution in [0.5, 0.6) is 28.7 Å². The Morgan fingerprint density at radius 2 is 0.578 bits per heavy atom. The summed E-state index contributed by atoms with van der Waals surface area (Å²) in [6.45, 7) is 3.74. The number of para-hydroxylation sites is 10. The number of halogens is 1. The topological polar surface area (TPSA) is 176 Å². The minimum atomic E-state index is 0. The molecule has 0 atom stereocenters. The van der Waals surface area contributed by atoms with E-state index in [4.69, 9.17) is 0 Å². The number of phenolic OH excluding ortho intramolecular Hbond substituents is 5. The van der Waals surface area contributed by atoms with Gasteiger partial charge in [-0.05, 0) is 134 Å². The number of aromatic hydroxyl groups is 5. The zero-order valence-electron chi connectivity index (χ0n) is 59.9. The molecule has 102 heavy (non-hydrogen) atoms. The molecular formula is C85H91BrN6O5Ti5. The molecule has 0 spiro atoms. The third kappa shape index (κ3) is 35.9. The van der Waals surface area contributed by atoms with E-state index in [1.807, 2.05) is 293 Å². The molecule has 0 bridgehead atoms. The maximum atomic E-state index is 10.4. The average molecular weight is 1600 g/mol. The van der Waals surface area contributed by atoms with E-state index in [9.17, 15) is 25.5 Å². The first-order chi connectivity index (χ1) is 43.6. The Hall–Kier alpha value is -7.77. The number of aliphatic imine (C=N–C) groups is 5. The number of rotatable bonds is 11. The molecular weight excluding hydrogens is 1500 g/mol. The van der Waals surface area contributed by atoms with Crippen molar-refractivity contribution in [2.24, 2.45) is 25.0 Å². The van der Waals surface area contributed by atoms with Crippen molar-refractivity contribution in [1.29, 1.82) is 0 Å². The van der Waals surface area contributed by atoms with Crippen molar-refractivity contribution in [3.05, 3.63) is 397 Å². The standard InChI is InChI=1S/C19H15NO.C16H12N2O.2C14H13NO.C13H11NO.9CH3.BrH.5Ti/c21-19-16(14-20-17-11-5-2-6-12-17)10-7-13-18(19)15-8-3-1-4-9-15;19-15-9-2-1-5-13(15)11-18-14-8-3-6-12-7-4-10-17-16(12)14;2*1-11-6-5-7-12(14(11)16)10-15-13-8-3-2-4-9-13;15-13-9-5-4-6-11(13)10-14-12-7-2-1-3-8-12;;;;;;;;;;;;;;;/h1-14,21H;1-11,19H;2*2-10,16H,1H3;1-10,15H;9*1H3;1H;;;;;/q;;;;;9*-1;;5*+2/p-1. The summed E-state index contributed by atoms with van der Waals surface area (Å²) in [7, 11) is 0. The van der Waals surface area contributed by atoms with Gasteiger partial charge in [-0.3, -0.25) is 29.9 Å². The Bertz CT molecular complexity index is 4170. The molecule has 0 aliphatic heterocycles. The molecule has 0 unspecified atom stereocenters. The SMILES string of the molecule is Cc1cccc(C=Nc2ccccc2)c1O.Cc1cccc(C=Nc2ccccc2)c1O.Oc1c(C=Nc2ccccc2)cccc1-c1ccccc1.Oc1ccccc1C=Nc1cccc2cccnc12.Oc1ccccc1C=Nc1ccccc1.[CH3-].[CH3-].[CH3-].[CH3-].[CH3-].[CH3-].[CH3-].[CH3-].[CH3-].[Ti+2].[Ti+2].[Ti+2].[Ti+2].[Ti+][Br]. The van der Waals surface area contributed by atoms with Gasteiger partial charge in [-0.2, -0.15) is 0 Å². The van der Waals surface area contributed by atoms with E-state index >= 15 is 0 Å². The number of fused-ring (bicyclic) bond motifs is 1. The first kappa shape index (κ1) is 108. The summed E-state index contributed by atoms with van der Waals surface area (Å²) >= 11 is 4.75. The van der Waals surface area contributed by atoms with Gasteiger partial charge in [0.05, 0.1) is 34.0 Å². The Balaban J connectivity index is -0.000000214. The third-order valence-electron chi connectivity index (χ3n) is 13.0. The predicted octanol–water partition coefficient (Wildman–Crippen LogP) is 23.4. The second-order valence-corrected chi connectivity index (χ2v) is 19.2. The molecule has 17 heteroatoms. The molecule has 0 saturated carbocycles. The normalized spacial score (nSPS) is 9.31. The van der Waals surface area contributed by atoms with Crippen LogP contribution in [0.15, 0.2) is 316 Å². The summed E-state index contributed by atoms with van der Waals surface area (Å²) in [5.74, 6) is 1.31. The first-order valence-corrected chi connectivity index (χ1v) is 31.9. The van der Waals surface area contributed by atoms with Crippen molar-refractivity contribution in [1.82, 2.24) is 4.98 Å². The quantitative estimate of drug-likeness (QED) is 0.0489. The third-order valence-corrected chi connectivity index (χ3v) is 13.0. The number of phenols is 5. The molecule has 0 radical (unpaired) electrons. The van der Waals surface area contributed by atoms with E-state index < -0.39 is 0 Å². The number of aryl methyl sites for hydroxylation is 2. The van der Waals surface area contributed by atoms with Gasteiger partial charge >= 0.3 is 118 Å². The molecule has 0 saturated heterocycles.